The van der Waals surface area contributed by atoms with Gasteiger partial charge in [-0.05, 0) is 31.5 Å². The molecule has 0 bridgehead atoms. The van der Waals surface area contributed by atoms with Crippen LogP contribution in [0.1, 0.15) is 19.3 Å². The summed E-state index contributed by atoms with van der Waals surface area (Å²) in [5, 5.41) is 2.84. The molecule has 0 atom stereocenters. The van der Waals surface area contributed by atoms with Crippen LogP contribution in [0.3, 0.4) is 0 Å². The summed E-state index contributed by atoms with van der Waals surface area (Å²) in [5.41, 5.74) is 6.24. The second-order valence-corrected chi connectivity index (χ2v) is 4.07. The number of hydrogen-bond donors (Lipinski definition) is 2. The lowest BCUT2D eigenvalue weighted by molar-refractivity contribution is 0.221. The molecule has 0 radical (unpaired) electrons. The van der Waals surface area contributed by atoms with E-state index in [0.717, 1.165) is 38.0 Å². The highest BCUT2D eigenvalue weighted by atomic mass is 16.2. The number of carbonyl (C=O) groups is 1. The lowest BCUT2D eigenvalue weighted by Gasteiger charge is -2.17. The smallest absolute Gasteiger partial charge is 0.321 e. The normalized spacial score (nSPS) is 10.0. The zero-order valence-corrected chi connectivity index (χ0v) is 10.4. The summed E-state index contributed by atoms with van der Waals surface area (Å²) >= 11 is 0. The van der Waals surface area contributed by atoms with Crippen LogP contribution < -0.4 is 11.1 Å². The molecule has 1 aromatic carbocycles. The summed E-state index contributed by atoms with van der Waals surface area (Å²) < 4.78 is 0. The maximum absolute atomic E-state index is 11.8. The summed E-state index contributed by atoms with van der Waals surface area (Å²) in [7, 11) is 1.81. The number of nitrogens with two attached hydrogens (primary N) is 1. The summed E-state index contributed by atoms with van der Waals surface area (Å²) in [5.74, 6) is 0. The molecule has 1 rings (SSSR count). The van der Waals surface area contributed by atoms with Crippen LogP contribution in [0.4, 0.5) is 10.5 Å². The second kappa shape index (κ2) is 7.68. The molecule has 17 heavy (non-hydrogen) atoms. The first-order valence-electron chi connectivity index (χ1n) is 6.01. The van der Waals surface area contributed by atoms with Crippen molar-refractivity contribution in [1.29, 1.82) is 0 Å². The van der Waals surface area contributed by atoms with Crippen LogP contribution in [-0.4, -0.2) is 31.1 Å². The number of nitrogens with one attached hydrogen (secondary N) is 1. The van der Waals surface area contributed by atoms with Crippen LogP contribution in [0.2, 0.25) is 0 Å². The number of urea groups is 1. The zero-order valence-electron chi connectivity index (χ0n) is 10.4. The molecule has 0 aliphatic heterocycles. The highest BCUT2D eigenvalue weighted by Gasteiger charge is 2.07. The van der Waals surface area contributed by atoms with Crippen molar-refractivity contribution in [3.05, 3.63) is 30.3 Å². The molecule has 0 saturated carbocycles. The van der Waals surface area contributed by atoms with E-state index in [1.807, 2.05) is 30.3 Å². The number of benzene rings is 1. The third kappa shape index (κ3) is 5.36. The number of para-hydroxylation sites is 1. The number of nitrogens with zero attached hydrogens (tertiary/aromatic N) is 1. The SMILES string of the molecule is CN(CCCCCN)C(=O)Nc1ccccc1. The van der Waals surface area contributed by atoms with Crippen LogP contribution in [-0.2, 0) is 0 Å². The summed E-state index contributed by atoms with van der Waals surface area (Å²) in [6.07, 6.45) is 3.09. The minimum absolute atomic E-state index is 0.0658. The van der Waals surface area contributed by atoms with Crippen LogP contribution in [0, 0.1) is 0 Å². The first kappa shape index (κ1) is 13.5. The molecule has 0 aliphatic rings. The van der Waals surface area contributed by atoms with Gasteiger partial charge in [0.1, 0.15) is 0 Å². The molecule has 0 heterocycles. The Hall–Kier alpha value is -1.55. The molecular formula is C13H21N3O. The van der Waals surface area contributed by atoms with Crippen molar-refractivity contribution in [3.63, 3.8) is 0 Å². The Morgan fingerprint density at radius 2 is 1.94 bits per heavy atom. The van der Waals surface area contributed by atoms with Crippen molar-refractivity contribution in [2.75, 3.05) is 25.5 Å². The van der Waals surface area contributed by atoms with E-state index in [1.54, 1.807) is 11.9 Å². The van der Waals surface area contributed by atoms with Crippen LogP contribution in [0.15, 0.2) is 30.3 Å². The van der Waals surface area contributed by atoms with Gasteiger partial charge in [0.05, 0.1) is 0 Å². The van der Waals surface area contributed by atoms with E-state index in [4.69, 9.17) is 5.73 Å². The summed E-state index contributed by atoms with van der Waals surface area (Å²) in [6, 6.07) is 9.41. The minimum atomic E-state index is -0.0658. The quantitative estimate of drug-likeness (QED) is 0.743. The predicted molar refractivity (Wildman–Crippen MR) is 71.0 cm³/mol. The van der Waals surface area contributed by atoms with Crippen LogP contribution in [0.25, 0.3) is 0 Å². The Morgan fingerprint density at radius 3 is 2.59 bits per heavy atom. The van der Waals surface area contributed by atoms with Gasteiger partial charge in [0.25, 0.3) is 0 Å². The van der Waals surface area contributed by atoms with Crippen molar-refractivity contribution in [2.24, 2.45) is 5.73 Å². The van der Waals surface area contributed by atoms with Gasteiger partial charge in [0.2, 0.25) is 0 Å². The van der Waals surface area contributed by atoms with E-state index < -0.39 is 0 Å². The Morgan fingerprint density at radius 1 is 1.24 bits per heavy atom. The fraction of sp³-hybridized carbons (Fsp3) is 0.462. The average molecular weight is 235 g/mol. The first-order chi connectivity index (χ1) is 8.24. The fourth-order valence-electron chi connectivity index (χ4n) is 1.51. The van der Waals surface area contributed by atoms with Gasteiger partial charge in [-0.2, -0.15) is 0 Å². The van der Waals surface area contributed by atoms with Gasteiger partial charge in [0.15, 0.2) is 0 Å². The van der Waals surface area contributed by atoms with E-state index in [1.165, 1.54) is 0 Å². The number of carbonyl (C=O) groups excluding carboxylic acids is 1. The number of hydrogen-bond acceptors (Lipinski definition) is 2. The lowest BCUT2D eigenvalue weighted by Crippen LogP contribution is -2.32. The third-order valence-electron chi connectivity index (χ3n) is 2.57. The Bertz CT molecular complexity index is 327. The largest absolute Gasteiger partial charge is 0.330 e. The zero-order chi connectivity index (χ0) is 12.5. The van der Waals surface area contributed by atoms with E-state index in [-0.39, 0.29) is 6.03 Å². The van der Waals surface area contributed by atoms with Gasteiger partial charge in [-0.1, -0.05) is 24.6 Å². The van der Waals surface area contributed by atoms with Crippen molar-refractivity contribution >= 4 is 11.7 Å². The Kier molecular flexibility index (Phi) is 6.10. The van der Waals surface area contributed by atoms with Crippen molar-refractivity contribution in [3.8, 4) is 0 Å². The molecule has 0 aromatic heterocycles. The highest BCUT2D eigenvalue weighted by Crippen LogP contribution is 2.06. The maximum atomic E-state index is 11.8. The molecule has 0 saturated heterocycles. The van der Waals surface area contributed by atoms with Crippen molar-refractivity contribution in [2.45, 2.75) is 19.3 Å². The molecule has 0 aliphatic carbocycles. The monoisotopic (exact) mass is 235 g/mol. The van der Waals surface area contributed by atoms with E-state index in [9.17, 15) is 4.79 Å². The van der Waals surface area contributed by atoms with Gasteiger partial charge in [-0.15, -0.1) is 0 Å². The molecule has 4 nitrogen and oxygen atoms in total. The first-order valence-corrected chi connectivity index (χ1v) is 6.01. The molecule has 3 N–H and O–H groups in total. The molecular weight excluding hydrogens is 214 g/mol. The number of anilines is 1. The lowest BCUT2D eigenvalue weighted by atomic mass is 10.2. The van der Waals surface area contributed by atoms with Crippen molar-refractivity contribution in [1.82, 2.24) is 4.90 Å². The molecule has 2 amide bonds. The summed E-state index contributed by atoms with van der Waals surface area (Å²) in [6.45, 7) is 1.48. The van der Waals surface area contributed by atoms with Gasteiger partial charge in [-0.25, -0.2) is 4.79 Å². The highest BCUT2D eigenvalue weighted by molar-refractivity contribution is 5.89. The Labute approximate surface area is 103 Å². The summed E-state index contributed by atoms with van der Waals surface area (Å²) in [4.78, 5) is 13.5. The van der Waals surface area contributed by atoms with Gasteiger partial charge < -0.3 is 16.0 Å². The predicted octanol–water partition coefficient (Wildman–Crippen LogP) is 2.28. The molecule has 4 heteroatoms. The average Bonchev–Trinajstić information content (AvgIpc) is 2.35. The van der Waals surface area contributed by atoms with Gasteiger partial charge >= 0.3 is 6.03 Å². The molecule has 0 unspecified atom stereocenters. The second-order valence-electron chi connectivity index (χ2n) is 4.07. The van der Waals surface area contributed by atoms with E-state index in [2.05, 4.69) is 5.32 Å². The topological polar surface area (TPSA) is 58.4 Å². The Balaban J connectivity index is 2.27. The van der Waals surface area contributed by atoms with Crippen LogP contribution in [0.5, 0.6) is 0 Å². The minimum Gasteiger partial charge on any atom is -0.330 e. The fourth-order valence-corrected chi connectivity index (χ4v) is 1.51. The number of amides is 2. The van der Waals surface area contributed by atoms with Gasteiger partial charge in [0, 0.05) is 19.3 Å². The van der Waals surface area contributed by atoms with E-state index in [0.29, 0.717) is 0 Å². The standard InChI is InChI=1S/C13H21N3O/c1-16(11-7-3-6-10-14)13(17)15-12-8-4-2-5-9-12/h2,4-5,8-9H,3,6-7,10-11,14H2,1H3,(H,15,17). The molecule has 1 aromatic rings. The van der Waals surface area contributed by atoms with Crippen LogP contribution >= 0.6 is 0 Å². The maximum Gasteiger partial charge on any atom is 0.321 e. The molecule has 94 valence electrons. The number of rotatable bonds is 6. The number of unbranched alkanes of at least 4 members (excludes halogenated alkanes) is 2. The molecule has 0 fully saturated rings. The van der Waals surface area contributed by atoms with E-state index >= 15 is 0 Å². The molecule has 0 spiro atoms. The third-order valence-corrected chi connectivity index (χ3v) is 2.57. The van der Waals surface area contributed by atoms with Gasteiger partial charge in [-0.3, -0.25) is 0 Å². The van der Waals surface area contributed by atoms with Crippen molar-refractivity contribution < 1.29 is 4.79 Å².